The van der Waals surface area contributed by atoms with E-state index in [1.165, 1.54) is 25.4 Å². The third-order valence-electron chi connectivity index (χ3n) is 2.82. The van der Waals surface area contributed by atoms with Gasteiger partial charge in [-0.05, 0) is 6.07 Å². The summed E-state index contributed by atoms with van der Waals surface area (Å²) in [6.07, 6.45) is 4.40. The number of nitrogens with one attached hydrogen (secondary N) is 2. The molecule has 23 heavy (non-hydrogen) atoms. The molecule has 0 aliphatic heterocycles. The van der Waals surface area contributed by atoms with Gasteiger partial charge in [-0.3, -0.25) is 14.6 Å². The van der Waals surface area contributed by atoms with Gasteiger partial charge >= 0.3 is 0 Å². The van der Waals surface area contributed by atoms with Crippen LogP contribution in [0.1, 0.15) is 17.4 Å². The molecular weight excluding hydrogens is 320 g/mol. The highest BCUT2D eigenvalue weighted by Gasteiger charge is 2.11. The zero-order valence-electron chi connectivity index (χ0n) is 12.3. The number of carbonyl (C=O) groups excluding carboxylic acids is 2. The summed E-state index contributed by atoms with van der Waals surface area (Å²) in [5.41, 5.74) is 6.30. The molecule has 0 spiro atoms. The number of pyridine rings is 1. The van der Waals surface area contributed by atoms with Crippen LogP contribution >= 0.6 is 11.6 Å². The second-order valence-corrected chi connectivity index (χ2v) is 5.02. The maximum absolute atomic E-state index is 11.2. The topological polar surface area (TPSA) is 123 Å². The predicted octanol–water partition coefficient (Wildman–Crippen LogP) is 0.839. The van der Waals surface area contributed by atoms with Crippen LogP contribution in [0.4, 0.5) is 5.82 Å². The average Bonchev–Trinajstić information content (AvgIpc) is 2.52. The van der Waals surface area contributed by atoms with Crippen LogP contribution in [0.25, 0.3) is 11.3 Å². The van der Waals surface area contributed by atoms with Gasteiger partial charge in [0.15, 0.2) is 0 Å². The van der Waals surface area contributed by atoms with E-state index in [2.05, 4.69) is 25.6 Å². The third kappa shape index (κ3) is 4.62. The fraction of sp³-hybridized carbons (Fsp3) is 0.214. The molecule has 0 fully saturated rings. The minimum Gasteiger partial charge on any atom is -0.367 e. The van der Waals surface area contributed by atoms with E-state index in [1.807, 2.05) is 0 Å². The molecule has 2 heterocycles. The molecule has 0 aliphatic rings. The van der Waals surface area contributed by atoms with Crippen LogP contribution in [-0.2, 0) is 4.79 Å². The van der Waals surface area contributed by atoms with Gasteiger partial charge in [0.05, 0.1) is 23.1 Å². The first-order valence-corrected chi connectivity index (χ1v) is 7.11. The Morgan fingerprint density at radius 2 is 2.04 bits per heavy atom. The SMILES string of the molecule is CC(=O)NCCNc1cncc(-c2cc(C(N)=O)ncc2Cl)n1. The summed E-state index contributed by atoms with van der Waals surface area (Å²) in [5.74, 6) is -0.240. The van der Waals surface area contributed by atoms with Gasteiger partial charge in [0.1, 0.15) is 11.5 Å². The number of primary amides is 1. The summed E-state index contributed by atoms with van der Waals surface area (Å²) in [6, 6.07) is 1.47. The normalized spacial score (nSPS) is 10.2. The van der Waals surface area contributed by atoms with Crippen LogP contribution in [0.5, 0.6) is 0 Å². The Bertz CT molecular complexity index is 737. The number of anilines is 1. The molecule has 0 aromatic carbocycles. The van der Waals surface area contributed by atoms with Gasteiger partial charge in [0, 0.05) is 31.8 Å². The first kappa shape index (κ1) is 16.6. The quantitative estimate of drug-likeness (QED) is 0.673. The van der Waals surface area contributed by atoms with E-state index < -0.39 is 5.91 Å². The van der Waals surface area contributed by atoms with Gasteiger partial charge in [0.25, 0.3) is 5.91 Å². The molecule has 2 aromatic heterocycles. The van der Waals surface area contributed by atoms with E-state index in [0.717, 1.165) is 0 Å². The lowest BCUT2D eigenvalue weighted by Gasteiger charge is -2.09. The maximum Gasteiger partial charge on any atom is 0.267 e. The maximum atomic E-state index is 11.2. The molecular formula is C14H15ClN6O2. The van der Waals surface area contributed by atoms with Gasteiger partial charge < -0.3 is 16.4 Å². The Kier molecular flexibility index (Phi) is 5.42. The van der Waals surface area contributed by atoms with Gasteiger partial charge in [0.2, 0.25) is 5.91 Å². The van der Waals surface area contributed by atoms with E-state index in [1.54, 1.807) is 6.20 Å². The molecule has 0 bridgehead atoms. The van der Waals surface area contributed by atoms with Crippen LogP contribution < -0.4 is 16.4 Å². The van der Waals surface area contributed by atoms with Crippen molar-refractivity contribution in [2.24, 2.45) is 5.73 Å². The Balaban J connectivity index is 2.17. The molecule has 0 saturated heterocycles. The number of carbonyl (C=O) groups is 2. The smallest absolute Gasteiger partial charge is 0.267 e. The van der Waals surface area contributed by atoms with Crippen LogP contribution in [0, 0.1) is 0 Å². The van der Waals surface area contributed by atoms with Crippen molar-refractivity contribution in [3.63, 3.8) is 0 Å². The molecule has 0 atom stereocenters. The predicted molar refractivity (Wildman–Crippen MR) is 86.0 cm³/mol. The number of aromatic nitrogens is 3. The number of hydrogen-bond donors (Lipinski definition) is 3. The molecule has 0 saturated carbocycles. The van der Waals surface area contributed by atoms with E-state index in [4.69, 9.17) is 17.3 Å². The minimum absolute atomic E-state index is 0.0928. The Morgan fingerprint density at radius 3 is 2.74 bits per heavy atom. The summed E-state index contributed by atoms with van der Waals surface area (Å²) in [4.78, 5) is 34.3. The third-order valence-corrected chi connectivity index (χ3v) is 3.12. The van der Waals surface area contributed by atoms with Crippen molar-refractivity contribution in [1.82, 2.24) is 20.3 Å². The van der Waals surface area contributed by atoms with Crippen LogP contribution in [-0.4, -0.2) is 39.9 Å². The first-order valence-electron chi connectivity index (χ1n) is 6.73. The highest BCUT2D eigenvalue weighted by molar-refractivity contribution is 6.33. The zero-order valence-corrected chi connectivity index (χ0v) is 13.1. The Labute approximate surface area is 137 Å². The van der Waals surface area contributed by atoms with Crippen molar-refractivity contribution in [1.29, 1.82) is 0 Å². The van der Waals surface area contributed by atoms with E-state index in [-0.39, 0.29) is 11.6 Å². The summed E-state index contributed by atoms with van der Waals surface area (Å²) < 4.78 is 0. The molecule has 9 heteroatoms. The fourth-order valence-electron chi connectivity index (χ4n) is 1.78. The molecule has 8 nitrogen and oxygen atoms in total. The van der Waals surface area contributed by atoms with Crippen molar-refractivity contribution in [3.05, 3.63) is 35.4 Å². The lowest BCUT2D eigenvalue weighted by Crippen LogP contribution is -2.26. The van der Waals surface area contributed by atoms with Crippen molar-refractivity contribution >= 4 is 29.2 Å². The van der Waals surface area contributed by atoms with Gasteiger partial charge in [-0.15, -0.1) is 0 Å². The molecule has 120 valence electrons. The zero-order chi connectivity index (χ0) is 16.8. The monoisotopic (exact) mass is 334 g/mol. The first-order chi connectivity index (χ1) is 11.0. The average molecular weight is 335 g/mol. The molecule has 4 N–H and O–H groups in total. The van der Waals surface area contributed by atoms with E-state index in [0.29, 0.717) is 35.2 Å². The summed E-state index contributed by atoms with van der Waals surface area (Å²) in [6.45, 7) is 2.40. The highest BCUT2D eigenvalue weighted by atomic mass is 35.5. The fourth-order valence-corrected chi connectivity index (χ4v) is 1.98. The largest absolute Gasteiger partial charge is 0.367 e. The van der Waals surface area contributed by atoms with Gasteiger partial charge in [-0.1, -0.05) is 11.6 Å². The van der Waals surface area contributed by atoms with Gasteiger partial charge in [-0.25, -0.2) is 9.97 Å². The number of nitrogens with two attached hydrogens (primary N) is 1. The number of nitrogens with zero attached hydrogens (tertiary/aromatic N) is 3. The van der Waals surface area contributed by atoms with Crippen LogP contribution in [0.2, 0.25) is 5.02 Å². The second kappa shape index (κ2) is 7.50. The lowest BCUT2D eigenvalue weighted by molar-refractivity contribution is -0.118. The van der Waals surface area contributed by atoms with Crippen molar-refractivity contribution in [3.8, 4) is 11.3 Å². The Morgan fingerprint density at radius 1 is 1.26 bits per heavy atom. The van der Waals surface area contributed by atoms with Gasteiger partial charge in [-0.2, -0.15) is 0 Å². The number of rotatable bonds is 6. The highest BCUT2D eigenvalue weighted by Crippen LogP contribution is 2.26. The van der Waals surface area contributed by atoms with E-state index in [9.17, 15) is 9.59 Å². The van der Waals surface area contributed by atoms with E-state index >= 15 is 0 Å². The second-order valence-electron chi connectivity index (χ2n) is 4.61. The summed E-state index contributed by atoms with van der Waals surface area (Å²) in [5, 5.41) is 6.02. The van der Waals surface area contributed by atoms with Crippen LogP contribution in [0.15, 0.2) is 24.7 Å². The standard InChI is InChI=1S/C14H15ClN6O2/c1-8(22)18-2-3-19-13-7-17-6-12(21-13)9-4-11(14(16)23)20-5-10(9)15/h4-7H,2-3H2,1H3,(H2,16,23)(H,18,22)(H,19,21). The molecule has 2 aromatic rings. The summed E-state index contributed by atoms with van der Waals surface area (Å²) >= 11 is 6.10. The Hall–Kier alpha value is -2.74. The molecule has 0 unspecified atom stereocenters. The molecule has 2 rings (SSSR count). The number of hydrogen-bond acceptors (Lipinski definition) is 6. The van der Waals surface area contributed by atoms with Crippen LogP contribution in [0.3, 0.4) is 0 Å². The number of amides is 2. The van der Waals surface area contributed by atoms with Crippen molar-refractivity contribution < 1.29 is 9.59 Å². The van der Waals surface area contributed by atoms with Crippen molar-refractivity contribution in [2.45, 2.75) is 6.92 Å². The summed E-state index contributed by atoms with van der Waals surface area (Å²) in [7, 11) is 0. The molecule has 0 aliphatic carbocycles. The number of halogens is 1. The molecule has 2 amide bonds. The minimum atomic E-state index is -0.652. The molecule has 0 radical (unpaired) electrons. The lowest BCUT2D eigenvalue weighted by atomic mass is 10.1. The van der Waals surface area contributed by atoms with Crippen molar-refractivity contribution in [2.75, 3.05) is 18.4 Å².